The van der Waals surface area contributed by atoms with Gasteiger partial charge in [-0.2, -0.15) is 9.89 Å². The van der Waals surface area contributed by atoms with E-state index in [1.165, 1.54) is 12.4 Å². The largest absolute Gasteiger partial charge is 0.505 e. The molecule has 1 aromatic rings. The van der Waals surface area contributed by atoms with Gasteiger partial charge in [0.1, 0.15) is 0 Å². The molecule has 1 rings (SSSR count). The minimum Gasteiger partial charge on any atom is -0.505 e. The van der Waals surface area contributed by atoms with Gasteiger partial charge in [0, 0.05) is 0 Å². The maximum absolute atomic E-state index is 8.49. The van der Waals surface area contributed by atoms with Gasteiger partial charge in [0.15, 0.2) is 5.75 Å². The number of hydrogen-bond donors (Lipinski definition) is 2. The number of aromatic nitrogens is 2. The summed E-state index contributed by atoms with van der Waals surface area (Å²) in [5.41, 5.74) is 0. The first-order valence-electron chi connectivity index (χ1n) is 1.78. The molecule has 0 atom stereocenters. The summed E-state index contributed by atoms with van der Waals surface area (Å²) in [5.74, 6) is 5.11. The van der Waals surface area contributed by atoms with E-state index in [2.05, 4.69) is 5.10 Å². The van der Waals surface area contributed by atoms with Crippen LogP contribution >= 0.6 is 0 Å². The Bertz CT molecular complexity index is 142. The Balaban J connectivity index is 3.04. The van der Waals surface area contributed by atoms with Crippen molar-refractivity contribution in [3.8, 4) is 5.75 Å². The molecule has 1 aromatic heterocycles. The molecule has 0 bridgehead atoms. The highest BCUT2D eigenvalue weighted by molar-refractivity contribution is 5.07. The molecule has 0 unspecified atom stereocenters. The molecule has 1 heterocycles. The van der Waals surface area contributed by atoms with Crippen LogP contribution in [0.15, 0.2) is 12.4 Å². The molecule has 0 spiro atoms. The fourth-order valence-corrected chi connectivity index (χ4v) is 0.328. The second kappa shape index (κ2) is 1.14. The second-order valence-corrected chi connectivity index (χ2v) is 1.18. The van der Waals surface area contributed by atoms with E-state index >= 15 is 0 Å². The smallest absolute Gasteiger partial charge is 0.155 e. The summed E-state index contributed by atoms with van der Waals surface area (Å²) in [4.78, 5) is 1.04. The van der Waals surface area contributed by atoms with Crippen LogP contribution in [-0.2, 0) is 0 Å². The van der Waals surface area contributed by atoms with Gasteiger partial charge in [0.2, 0.25) is 0 Å². The Labute approximate surface area is 40.1 Å². The molecule has 0 amide bonds. The topological polar surface area (TPSA) is 64.1 Å². The molecule has 3 N–H and O–H groups in total. The fourth-order valence-electron chi connectivity index (χ4n) is 0.328. The number of nitrogen functional groups attached to an aromatic ring is 1. The van der Waals surface area contributed by atoms with Gasteiger partial charge in [-0.3, -0.25) is 0 Å². The van der Waals surface area contributed by atoms with Gasteiger partial charge >= 0.3 is 0 Å². The van der Waals surface area contributed by atoms with E-state index < -0.39 is 0 Å². The molecule has 0 saturated heterocycles. The summed E-state index contributed by atoms with van der Waals surface area (Å²) >= 11 is 0. The van der Waals surface area contributed by atoms with Gasteiger partial charge < -0.3 is 10.9 Å². The van der Waals surface area contributed by atoms with Crippen molar-refractivity contribution in [3.05, 3.63) is 12.4 Å². The van der Waals surface area contributed by atoms with Crippen molar-refractivity contribution in [2.24, 2.45) is 0 Å². The minimum absolute atomic E-state index is 0.0856. The van der Waals surface area contributed by atoms with E-state index in [0.29, 0.717) is 0 Å². The van der Waals surface area contributed by atoms with Crippen LogP contribution in [0.1, 0.15) is 0 Å². The molecule has 4 heteroatoms. The Kier molecular flexibility index (Phi) is 0.651. The average molecular weight is 99.1 g/mol. The highest BCUT2D eigenvalue weighted by atomic mass is 16.3. The predicted molar refractivity (Wildman–Crippen MR) is 24.0 cm³/mol. The minimum atomic E-state index is 0.0856. The van der Waals surface area contributed by atoms with Gasteiger partial charge in [-0.15, -0.1) is 0 Å². The number of nitrogens with two attached hydrogens (primary N) is 1. The second-order valence-electron chi connectivity index (χ2n) is 1.18. The highest BCUT2D eigenvalue weighted by Crippen LogP contribution is 1.99. The van der Waals surface area contributed by atoms with Crippen molar-refractivity contribution in [1.82, 2.24) is 9.89 Å². The molecule has 4 nitrogen and oxygen atoms in total. The van der Waals surface area contributed by atoms with Gasteiger partial charge in [-0.05, 0) is 0 Å². The van der Waals surface area contributed by atoms with Crippen LogP contribution in [-0.4, -0.2) is 15.0 Å². The van der Waals surface area contributed by atoms with Crippen LogP contribution in [0, 0.1) is 0 Å². The molecule has 7 heavy (non-hydrogen) atoms. The van der Waals surface area contributed by atoms with Crippen molar-refractivity contribution >= 4 is 0 Å². The zero-order valence-electron chi connectivity index (χ0n) is 3.57. The molecule has 0 radical (unpaired) electrons. The molecule has 0 fully saturated rings. The SMILES string of the molecule is Nn1cc(O)cn1. The summed E-state index contributed by atoms with van der Waals surface area (Å²) in [5, 5.41) is 12.0. The van der Waals surface area contributed by atoms with Crippen LogP contribution in [0.3, 0.4) is 0 Å². The van der Waals surface area contributed by atoms with Crippen LogP contribution in [0.25, 0.3) is 0 Å². The maximum atomic E-state index is 8.49. The maximum Gasteiger partial charge on any atom is 0.155 e. The first-order chi connectivity index (χ1) is 3.29. The van der Waals surface area contributed by atoms with Crippen LogP contribution in [0.5, 0.6) is 5.75 Å². The standard InChI is InChI=1S/C3H5N3O/c4-6-2-3(7)1-5-6/h1-2,7H,4H2. The van der Waals surface area contributed by atoms with Gasteiger partial charge in [-0.1, -0.05) is 0 Å². The van der Waals surface area contributed by atoms with Gasteiger partial charge in [0.25, 0.3) is 0 Å². The first-order valence-corrected chi connectivity index (χ1v) is 1.78. The van der Waals surface area contributed by atoms with E-state index in [9.17, 15) is 0 Å². The predicted octanol–water partition coefficient (Wildman–Crippen LogP) is -0.698. The summed E-state index contributed by atoms with van der Waals surface area (Å²) in [6, 6.07) is 0. The lowest BCUT2D eigenvalue weighted by molar-refractivity contribution is 0.475. The third-order valence-corrected chi connectivity index (χ3v) is 0.588. The molecule has 0 saturated carbocycles. The number of rotatable bonds is 0. The fraction of sp³-hybridized carbons (Fsp3) is 0. The van der Waals surface area contributed by atoms with E-state index in [-0.39, 0.29) is 5.75 Å². The number of nitrogens with zero attached hydrogens (tertiary/aromatic N) is 2. The summed E-state index contributed by atoms with van der Waals surface area (Å²) in [7, 11) is 0. The molecular weight excluding hydrogens is 94.1 g/mol. The normalized spacial score (nSPS) is 9.14. The molecule has 0 aliphatic heterocycles. The number of hydrogen-bond acceptors (Lipinski definition) is 3. The van der Waals surface area contributed by atoms with E-state index in [1.807, 2.05) is 0 Å². The lowest BCUT2D eigenvalue weighted by Crippen LogP contribution is -2.06. The Hall–Kier alpha value is -1.19. The summed E-state index contributed by atoms with van der Waals surface area (Å²) in [6.07, 6.45) is 2.57. The van der Waals surface area contributed by atoms with Crippen LogP contribution in [0.2, 0.25) is 0 Å². The molecule has 38 valence electrons. The van der Waals surface area contributed by atoms with Gasteiger partial charge in [0.05, 0.1) is 12.4 Å². The van der Waals surface area contributed by atoms with Crippen molar-refractivity contribution in [1.29, 1.82) is 0 Å². The van der Waals surface area contributed by atoms with Crippen molar-refractivity contribution in [2.75, 3.05) is 5.84 Å². The third-order valence-electron chi connectivity index (χ3n) is 0.588. The average Bonchev–Trinajstić information content (AvgIpc) is 1.87. The number of aromatic hydroxyl groups is 1. The third kappa shape index (κ3) is 0.623. The Morgan fingerprint density at radius 3 is 2.71 bits per heavy atom. The first kappa shape index (κ1) is 3.98. The van der Waals surface area contributed by atoms with E-state index in [0.717, 1.165) is 4.79 Å². The van der Waals surface area contributed by atoms with E-state index in [1.54, 1.807) is 0 Å². The Morgan fingerprint density at radius 2 is 2.57 bits per heavy atom. The van der Waals surface area contributed by atoms with Gasteiger partial charge in [-0.25, -0.2) is 0 Å². The lowest BCUT2D eigenvalue weighted by atomic mass is 10.7. The van der Waals surface area contributed by atoms with Crippen LogP contribution < -0.4 is 5.84 Å². The highest BCUT2D eigenvalue weighted by Gasteiger charge is 1.85. The zero-order valence-corrected chi connectivity index (χ0v) is 3.57. The van der Waals surface area contributed by atoms with Crippen molar-refractivity contribution < 1.29 is 5.11 Å². The quantitative estimate of drug-likeness (QED) is 0.423. The zero-order chi connectivity index (χ0) is 5.28. The monoisotopic (exact) mass is 99.0 g/mol. The lowest BCUT2D eigenvalue weighted by Gasteiger charge is -1.79. The summed E-state index contributed by atoms with van der Waals surface area (Å²) < 4.78 is 0. The van der Waals surface area contributed by atoms with E-state index in [4.69, 9.17) is 10.9 Å². The molecule has 0 aliphatic rings. The van der Waals surface area contributed by atoms with Crippen LogP contribution in [0.4, 0.5) is 0 Å². The Morgan fingerprint density at radius 1 is 1.86 bits per heavy atom. The summed E-state index contributed by atoms with van der Waals surface area (Å²) in [6.45, 7) is 0. The molecule has 0 aromatic carbocycles. The molecular formula is C3H5N3O. The van der Waals surface area contributed by atoms with Crippen molar-refractivity contribution in [3.63, 3.8) is 0 Å². The molecule has 0 aliphatic carbocycles. The van der Waals surface area contributed by atoms with Crippen molar-refractivity contribution in [2.45, 2.75) is 0 Å².